The zero-order valence-electron chi connectivity index (χ0n) is 16.5. The molecule has 2 amide bonds. The lowest BCUT2D eigenvalue weighted by Crippen LogP contribution is -2.49. The average Bonchev–Trinajstić information content (AvgIpc) is 2.68. The molecule has 2 aromatic rings. The van der Waals surface area contributed by atoms with Crippen molar-refractivity contribution in [3.63, 3.8) is 0 Å². The second-order valence-corrected chi connectivity index (χ2v) is 6.90. The Labute approximate surface area is 170 Å². The Morgan fingerprint density at radius 3 is 2.18 bits per heavy atom. The number of ether oxygens (including phenoxy) is 2. The quantitative estimate of drug-likeness (QED) is 0.690. The average molecular weight is 405 g/mol. The molecule has 1 atom stereocenters. The van der Waals surface area contributed by atoms with Crippen molar-refractivity contribution in [2.45, 2.75) is 40.2 Å². The smallest absolute Gasteiger partial charge is 0.279 e. The molecule has 0 bridgehead atoms. The number of amides is 2. The fourth-order valence-electron chi connectivity index (χ4n) is 2.49. The first-order chi connectivity index (χ1) is 13.3. The van der Waals surface area contributed by atoms with Crippen molar-refractivity contribution in [1.82, 2.24) is 10.9 Å². The van der Waals surface area contributed by atoms with E-state index in [4.69, 9.17) is 21.1 Å². The Bertz CT molecular complexity index is 814. The summed E-state index contributed by atoms with van der Waals surface area (Å²) in [7, 11) is 0. The van der Waals surface area contributed by atoms with Crippen LogP contribution in [0.4, 0.5) is 0 Å². The van der Waals surface area contributed by atoms with Gasteiger partial charge in [-0.3, -0.25) is 20.4 Å². The molecule has 6 nitrogen and oxygen atoms in total. The van der Waals surface area contributed by atoms with Crippen molar-refractivity contribution in [2.75, 3.05) is 6.61 Å². The number of aryl methyl sites for hydroxylation is 3. The number of carbonyl (C=O) groups excluding carboxylic acids is 2. The summed E-state index contributed by atoms with van der Waals surface area (Å²) in [5.74, 6) is 0.212. The van der Waals surface area contributed by atoms with Gasteiger partial charge >= 0.3 is 0 Å². The van der Waals surface area contributed by atoms with E-state index in [1.807, 2.05) is 39.8 Å². The highest BCUT2D eigenvalue weighted by Crippen LogP contribution is 2.25. The number of halogens is 1. The molecular formula is C21H25ClN2O4. The van der Waals surface area contributed by atoms with E-state index in [1.54, 1.807) is 24.3 Å². The van der Waals surface area contributed by atoms with Gasteiger partial charge in [-0.2, -0.15) is 0 Å². The molecule has 0 heterocycles. The summed E-state index contributed by atoms with van der Waals surface area (Å²) in [6.07, 6.45) is -0.263. The van der Waals surface area contributed by atoms with E-state index in [2.05, 4.69) is 10.9 Å². The maximum atomic E-state index is 12.2. The van der Waals surface area contributed by atoms with Crippen LogP contribution in [-0.4, -0.2) is 24.5 Å². The fraction of sp³-hybridized carbons (Fsp3) is 0.333. The van der Waals surface area contributed by atoms with Gasteiger partial charge in [0.25, 0.3) is 11.8 Å². The second kappa shape index (κ2) is 9.99. The summed E-state index contributed by atoms with van der Waals surface area (Å²) in [6.45, 7) is 7.28. The lowest BCUT2D eigenvalue weighted by Gasteiger charge is -2.17. The zero-order valence-corrected chi connectivity index (χ0v) is 17.2. The molecule has 28 heavy (non-hydrogen) atoms. The normalized spacial score (nSPS) is 11.5. The highest BCUT2D eigenvalue weighted by Gasteiger charge is 2.19. The van der Waals surface area contributed by atoms with Crippen LogP contribution in [0.1, 0.15) is 30.0 Å². The molecule has 0 aliphatic rings. The number of carbonyl (C=O) groups is 2. The van der Waals surface area contributed by atoms with Crippen molar-refractivity contribution in [1.29, 1.82) is 0 Å². The van der Waals surface area contributed by atoms with Gasteiger partial charge in [-0.15, -0.1) is 0 Å². The van der Waals surface area contributed by atoms with E-state index in [1.165, 1.54) is 0 Å². The predicted molar refractivity (Wildman–Crippen MR) is 109 cm³/mol. The molecule has 0 aliphatic carbocycles. The second-order valence-electron chi connectivity index (χ2n) is 6.52. The third-order valence-electron chi connectivity index (χ3n) is 4.07. The Kier molecular flexibility index (Phi) is 7.70. The zero-order chi connectivity index (χ0) is 20.7. The molecule has 0 aromatic heterocycles. The molecule has 0 fully saturated rings. The van der Waals surface area contributed by atoms with Gasteiger partial charge in [-0.1, -0.05) is 36.2 Å². The summed E-state index contributed by atoms with van der Waals surface area (Å²) in [6, 6.07) is 10.9. The van der Waals surface area contributed by atoms with Crippen LogP contribution >= 0.6 is 11.6 Å². The van der Waals surface area contributed by atoms with E-state index in [0.29, 0.717) is 22.9 Å². The van der Waals surface area contributed by atoms with E-state index in [-0.39, 0.29) is 6.61 Å². The topological polar surface area (TPSA) is 76.7 Å². The van der Waals surface area contributed by atoms with Gasteiger partial charge < -0.3 is 9.47 Å². The van der Waals surface area contributed by atoms with Crippen molar-refractivity contribution >= 4 is 23.4 Å². The van der Waals surface area contributed by atoms with Crippen LogP contribution in [0.15, 0.2) is 36.4 Å². The van der Waals surface area contributed by atoms with Gasteiger partial charge in [-0.05, 0) is 62.6 Å². The largest absolute Gasteiger partial charge is 0.484 e. The van der Waals surface area contributed by atoms with Crippen molar-refractivity contribution in [3.05, 3.63) is 58.1 Å². The number of hydrogen-bond donors (Lipinski definition) is 2. The SMILES string of the molecule is CCC(Oc1ccc(C)cc1)C(=O)NNC(=O)COc1cc(C)c(Cl)c(C)c1. The summed E-state index contributed by atoms with van der Waals surface area (Å²) in [5, 5.41) is 0.670. The number of hydrogen-bond acceptors (Lipinski definition) is 4. The standard InChI is InChI=1S/C21H25ClN2O4/c1-5-18(28-16-8-6-13(2)7-9-16)21(26)24-23-19(25)12-27-17-10-14(3)20(22)15(4)11-17/h6-11,18H,5,12H2,1-4H3,(H,23,25)(H,24,26). The lowest BCUT2D eigenvalue weighted by molar-refractivity contribution is -0.134. The third-order valence-corrected chi connectivity index (χ3v) is 4.66. The van der Waals surface area contributed by atoms with Gasteiger partial charge in [0.15, 0.2) is 12.7 Å². The minimum absolute atomic E-state index is 0.240. The molecule has 0 radical (unpaired) electrons. The van der Waals surface area contributed by atoms with E-state index in [0.717, 1.165) is 16.7 Å². The first-order valence-electron chi connectivity index (χ1n) is 9.01. The third kappa shape index (κ3) is 6.16. The molecule has 2 aromatic carbocycles. The van der Waals surface area contributed by atoms with Crippen molar-refractivity contribution in [3.8, 4) is 11.5 Å². The molecule has 2 N–H and O–H groups in total. The highest BCUT2D eigenvalue weighted by molar-refractivity contribution is 6.32. The fourth-order valence-corrected chi connectivity index (χ4v) is 2.60. The van der Waals surface area contributed by atoms with Crippen LogP contribution in [0.2, 0.25) is 5.02 Å². The molecule has 7 heteroatoms. The molecule has 0 spiro atoms. The van der Waals surface area contributed by atoms with Gasteiger partial charge in [0.2, 0.25) is 0 Å². The Balaban J connectivity index is 1.82. The van der Waals surface area contributed by atoms with Gasteiger partial charge in [0.1, 0.15) is 11.5 Å². The molecule has 0 saturated carbocycles. The summed E-state index contributed by atoms with van der Waals surface area (Å²) < 4.78 is 11.1. The van der Waals surface area contributed by atoms with Gasteiger partial charge in [0.05, 0.1) is 0 Å². The molecule has 150 valence electrons. The van der Waals surface area contributed by atoms with Crippen molar-refractivity contribution in [2.24, 2.45) is 0 Å². The number of benzene rings is 2. The van der Waals surface area contributed by atoms with Crippen LogP contribution in [-0.2, 0) is 9.59 Å². The Hall–Kier alpha value is -2.73. The monoisotopic (exact) mass is 404 g/mol. The Morgan fingerprint density at radius 1 is 1.00 bits per heavy atom. The summed E-state index contributed by atoms with van der Waals surface area (Å²) in [4.78, 5) is 24.2. The predicted octanol–water partition coefficient (Wildman–Crippen LogP) is 3.65. The maximum Gasteiger partial charge on any atom is 0.279 e. The minimum Gasteiger partial charge on any atom is -0.484 e. The number of hydrazine groups is 1. The minimum atomic E-state index is -0.717. The molecule has 0 aliphatic heterocycles. The lowest BCUT2D eigenvalue weighted by atomic mass is 10.1. The van der Waals surface area contributed by atoms with Crippen LogP contribution in [0, 0.1) is 20.8 Å². The van der Waals surface area contributed by atoms with Crippen LogP contribution < -0.4 is 20.3 Å². The number of nitrogens with one attached hydrogen (secondary N) is 2. The van der Waals surface area contributed by atoms with Gasteiger partial charge in [-0.25, -0.2) is 0 Å². The maximum absolute atomic E-state index is 12.2. The summed E-state index contributed by atoms with van der Waals surface area (Å²) in [5.41, 5.74) is 7.53. The van der Waals surface area contributed by atoms with Crippen LogP contribution in [0.5, 0.6) is 11.5 Å². The van der Waals surface area contributed by atoms with Crippen LogP contribution in [0.25, 0.3) is 0 Å². The molecule has 1 unspecified atom stereocenters. The van der Waals surface area contributed by atoms with E-state index >= 15 is 0 Å². The number of rotatable bonds is 7. The first kappa shape index (κ1) is 21.6. The molecule has 0 saturated heterocycles. The molecule has 2 rings (SSSR count). The summed E-state index contributed by atoms with van der Waals surface area (Å²) >= 11 is 6.11. The van der Waals surface area contributed by atoms with Crippen LogP contribution in [0.3, 0.4) is 0 Å². The highest BCUT2D eigenvalue weighted by atomic mass is 35.5. The van der Waals surface area contributed by atoms with Crippen molar-refractivity contribution < 1.29 is 19.1 Å². The first-order valence-corrected chi connectivity index (χ1v) is 9.39. The van der Waals surface area contributed by atoms with E-state index in [9.17, 15) is 9.59 Å². The van der Waals surface area contributed by atoms with Gasteiger partial charge in [0, 0.05) is 5.02 Å². The Morgan fingerprint density at radius 2 is 1.61 bits per heavy atom. The van der Waals surface area contributed by atoms with E-state index < -0.39 is 17.9 Å². The molecular weight excluding hydrogens is 380 g/mol.